The lowest BCUT2D eigenvalue weighted by atomic mass is 10.1. The van der Waals surface area contributed by atoms with Crippen LogP contribution in [0.3, 0.4) is 0 Å². The molecule has 1 aromatic carbocycles. The van der Waals surface area contributed by atoms with Gasteiger partial charge in [-0.3, -0.25) is 0 Å². The van der Waals surface area contributed by atoms with Crippen molar-refractivity contribution in [1.82, 2.24) is 4.98 Å². The van der Waals surface area contributed by atoms with Crippen LogP contribution in [0.4, 0.5) is 0 Å². The molecule has 4 nitrogen and oxygen atoms in total. The van der Waals surface area contributed by atoms with Crippen LogP contribution in [0.2, 0.25) is 0 Å². The molecule has 1 aromatic heterocycles. The van der Waals surface area contributed by atoms with Crippen LogP contribution < -0.4 is 0 Å². The number of hydrogen-bond acceptors (Lipinski definition) is 5. The van der Waals surface area contributed by atoms with Crippen molar-refractivity contribution >= 4 is 29.1 Å². The fourth-order valence-electron chi connectivity index (χ4n) is 1.89. The van der Waals surface area contributed by atoms with E-state index in [1.807, 2.05) is 12.1 Å². The highest BCUT2D eigenvalue weighted by atomic mass is 32.2. The molecule has 0 aliphatic heterocycles. The van der Waals surface area contributed by atoms with E-state index in [2.05, 4.69) is 31.8 Å². The standard InChI is InChI=1S/C16H16N2O2S2/c1-9-13(15(19)20)21-14(18-9)10-5-6-12(11(7-10)8-17)22-16(2,3)4/h5-7H,1-4H3,(H,19,20). The number of aromatic nitrogens is 1. The van der Waals surface area contributed by atoms with Gasteiger partial charge in [0.25, 0.3) is 0 Å². The van der Waals surface area contributed by atoms with E-state index in [1.54, 1.807) is 24.8 Å². The van der Waals surface area contributed by atoms with Crippen LogP contribution >= 0.6 is 23.1 Å². The summed E-state index contributed by atoms with van der Waals surface area (Å²) in [5.74, 6) is -0.971. The maximum Gasteiger partial charge on any atom is 0.347 e. The number of nitrogens with zero attached hydrogens (tertiary/aromatic N) is 2. The van der Waals surface area contributed by atoms with Crippen LogP contribution in [-0.4, -0.2) is 20.8 Å². The van der Waals surface area contributed by atoms with Crippen molar-refractivity contribution in [2.75, 3.05) is 0 Å². The third-order valence-electron chi connectivity index (χ3n) is 2.75. The SMILES string of the molecule is Cc1nc(-c2ccc(SC(C)(C)C)c(C#N)c2)sc1C(=O)O. The number of aryl methyl sites for hydroxylation is 1. The Morgan fingerprint density at radius 2 is 2.09 bits per heavy atom. The summed E-state index contributed by atoms with van der Waals surface area (Å²) >= 11 is 2.77. The van der Waals surface area contributed by atoms with Gasteiger partial charge in [0.15, 0.2) is 0 Å². The Hall–Kier alpha value is -1.84. The van der Waals surface area contributed by atoms with Crippen LogP contribution in [-0.2, 0) is 0 Å². The molecule has 6 heteroatoms. The van der Waals surface area contributed by atoms with Gasteiger partial charge in [0, 0.05) is 15.2 Å². The number of carbonyl (C=O) groups is 1. The van der Waals surface area contributed by atoms with Gasteiger partial charge in [-0.2, -0.15) is 5.26 Å². The zero-order valence-electron chi connectivity index (χ0n) is 12.8. The van der Waals surface area contributed by atoms with E-state index in [0.717, 1.165) is 21.8 Å². The Bertz CT molecular complexity index is 767. The van der Waals surface area contributed by atoms with Crippen LogP contribution in [0, 0.1) is 18.3 Å². The summed E-state index contributed by atoms with van der Waals surface area (Å²) in [5, 5.41) is 19.1. The molecule has 114 valence electrons. The first-order valence-corrected chi connectivity index (χ1v) is 8.29. The van der Waals surface area contributed by atoms with Crippen molar-refractivity contribution in [2.24, 2.45) is 0 Å². The smallest absolute Gasteiger partial charge is 0.347 e. The zero-order chi connectivity index (χ0) is 16.5. The van der Waals surface area contributed by atoms with Crippen molar-refractivity contribution in [3.63, 3.8) is 0 Å². The first kappa shape index (κ1) is 16.5. The normalized spacial score (nSPS) is 11.2. The molecular weight excluding hydrogens is 316 g/mol. The predicted octanol–water partition coefficient (Wildman–Crippen LogP) is 4.58. The van der Waals surface area contributed by atoms with E-state index in [0.29, 0.717) is 16.3 Å². The molecule has 0 aliphatic rings. The number of aromatic carboxylic acids is 1. The lowest BCUT2D eigenvalue weighted by molar-refractivity contribution is 0.0701. The third-order valence-corrected chi connectivity index (χ3v) is 5.14. The molecule has 0 atom stereocenters. The number of nitriles is 1. The Morgan fingerprint density at radius 1 is 1.41 bits per heavy atom. The summed E-state index contributed by atoms with van der Waals surface area (Å²) in [6, 6.07) is 7.78. The minimum Gasteiger partial charge on any atom is -0.477 e. The van der Waals surface area contributed by atoms with Crippen LogP contribution in [0.15, 0.2) is 23.1 Å². The minimum absolute atomic E-state index is 0.0152. The van der Waals surface area contributed by atoms with Gasteiger partial charge in [-0.1, -0.05) is 26.8 Å². The van der Waals surface area contributed by atoms with Gasteiger partial charge in [0.2, 0.25) is 0 Å². The third kappa shape index (κ3) is 3.67. The second-order valence-corrected chi connectivity index (χ2v) is 8.64. The molecule has 0 amide bonds. The summed E-state index contributed by atoms with van der Waals surface area (Å²) in [6.07, 6.45) is 0. The van der Waals surface area contributed by atoms with Crippen molar-refractivity contribution in [1.29, 1.82) is 5.26 Å². The van der Waals surface area contributed by atoms with Crippen molar-refractivity contribution in [2.45, 2.75) is 37.3 Å². The van der Waals surface area contributed by atoms with E-state index in [4.69, 9.17) is 5.11 Å². The maximum atomic E-state index is 11.1. The van der Waals surface area contributed by atoms with Gasteiger partial charge < -0.3 is 5.11 Å². The average Bonchev–Trinajstić information content (AvgIpc) is 2.79. The second kappa shape index (κ2) is 6.11. The minimum atomic E-state index is -0.971. The first-order chi connectivity index (χ1) is 10.2. The number of benzene rings is 1. The summed E-state index contributed by atoms with van der Waals surface area (Å²) < 4.78 is 0.0152. The molecule has 0 spiro atoms. The molecule has 2 aromatic rings. The molecule has 2 rings (SSSR count). The van der Waals surface area contributed by atoms with Gasteiger partial charge >= 0.3 is 5.97 Å². The molecule has 0 saturated heterocycles. The molecule has 0 unspecified atom stereocenters. The van der Waals surface area contributed by atoms with Crippen molar-refractivity contribution in [3.05, 3.63) is 34.3 Å². The molecule has 1 N–H and O–H groups in total. The summed E-state index contributed by atoms with van der Waals surface area (Å²) in [6.45, 7) is 7.96. The molecule has 0 radical (unpaired) electrons. The van der Waals surface area contributed by atoms with Crippen molar-refractivity contribution in [3.8, 4) is 16.6 Å². The van der Waals surface area contributed by atoms with Crippen LogP contribution in [0.25, 0.3) is 10.6 Å². The Labute approximate surface area is 137 Å². The number of carboxylic acids is 1. The highest BCUT2D eigenvalue weighted by Crippen LogP contribution is 2.36. The van der Waals surface area contributed by atoms with Gasteiger partial charge in [-0.15, -0.1) is 23.1 Å². The van der Waals surface area contributed by atoms with E-state index >= 15 is 0 Å². The summed E-state index contributed by atoms with van der Waals surface area (Å²) in [5.41, 5.74) is 1.86. The van der Waals surface area contributed by atoms with Gasteiger partial charge in [0.1, 0.15) is 16.0 Å². The fourth-order valence-corrected chi connectivity index (χ4v) is 3.80. The lowest BCUT2D eigenvalue weighted by Crippen LogP contribution is -2.07. The second-order valence-electron chi connectivity index (χ2n) is 5.78. The average molecular weight is 332 g/mol. The fraction of sp³-hybridized carbons (Fsp3) is 0.312. The van der Waals surface area contributed by atoms with Gasteiger partial charge in [0.05, 0.1) is 11.3 Å². The Kier molecular flexibility index (Phi) is 4.59. The van der Waals surface area contributed by atoms with E-state index in [-0.39, 0.29) is 9.62 Å². The largest absolute Gasteiger partial charge is 0.477 e. The molecule has 0 saturated carbocycles. The number of thioether (sulfide) groups is 1. The summed E-state index contributed by atoms with van der Waals surface area (Å²) in [7, 11) is 0. The zero-order valence-corrected chi connectivity index (χ0v) is 14.4. The summed E-state index contributed by atoms with van der Waals surface area (Å²) in [4.78, 5) is 16.6. The van der Waals surface area contributed by atoms with E-state index in [1.165, 1.54) is 0 Å². The maximum absolute atomic E-state index is 11.1. The van der Waals surface area contributed by atoms with Crippen molar-refractivity contribution < 1.29 is 9.90 Å². The highest BCUT2D eigenvalue weighted by Gasteiger charge is 2.18. The molecular formula is C16H16N2O2S2. The molecule has 0 bridgehead atoms. The Morgan fingerprint density at radius 3 is 2.59 bits per heavy atom. The first-order valence-electron chi connectivity index (χ1n) is 6.65. The highest BCUT2D eigenvalue weighted by molar-refractivity contribution is 8.00. The predicted molar refractivity (Wildman–Crippen MR) is 89.6 cm³/mol. The number of hydrogen-bond donors (Lipinski definition) is 1. The van der Waals surface area contributed by atoms with Crippen LogP contribution in [0.1, 0.15) is 41.7 Å². The van der Waals surface area contributed by atoms with Crippen LogP contribution in [0.5, 0.6) is 0 Å². The van der Waals surface area contributed by atoms with Gasteiger partial charge in [-0.25, -0.2) is 9.78 Å². The quantitative estimate of drug-likeness (QED) is 0.833. The molecule has 0 aliphatic carbocycles. The molecule has 22 heavy (non-hydrogen) atoms. The number of carboxylic acid groups (broad SMARTS) is 1. The monoisotopic (exact) mass is 332 g/mol. The Balaban J connectivity index is 2.44. The lowest BCUT2D eigenvalue weighted by Gasteiger charge is -2.18. The number of thiazole rings is 1. The van der Waals surface area contributed by atoms with Gasteiger partial charge in [-0.05, 0) is 19.1 Å². The molecule has 1 heterocycles. The topological polar surface area (TPSA) is 74.0 Å². The molecule has 0 fully saturated rings. The number of rotatable bonds is 3. The van der Waals surface area contributed by atoms with E-state index in [9.17, 15) is 10.1 Å². The van der Waals surface area contributed by atoms with E-state index < -0.39 is 5.97 Å².